The van der Waals surface area contributed by atoms with E-state index in [1.807, 2.05) is 62.5 Å². The summed E-state index contributed by atoms with van der Waals surface area (Å²) in [6.45, 7) is 4.95. The number of nitrogens with zero attached hydrogens (tertiary/aromatic N) is 4. The maximum absolute atomic E-state index is 12.8. The lowest BCUT2D eigenvalue weighted by atomic mass is 10.2. The fourth-order valence-electron chi connectivity index (χ4n) is 2.94. The number of amides is 1. The molecule has 0 saturated carbocycles. The zero-order chi connectivity index (χ0) is 20.9. The summed E-state index contributed by atoms with van der Waals surface area (Å²) < 4.78 is 7.21. The van der Waals surface area contributed by atoms with Crippen molar-refractivity contribution in [1.82, 2.24) is 19.7 Å². The van der Waals surface area contributed by atoms with E-state index in [0.717, 1.165) is 22.0 Å². The first-order chi connectivity index (χ1) is 14.6. The Morgan fingerprint density at radius 2 is 2.00 bits per heavy atom. The van der Waals surface area contributed by atoms with Crippen LogP contribution in [-0.4, -0.2) is 32.3 Å². The van der Waals surface area contributed by atoms with E-state index in [9.17, 15) is 4.79 Å². The average molecular weight is 420 g/mol. The number of pyridine rings is 1. The van der Waals surface area contributed by atoms with Crippen LogP contribution in [0.25, 0.3) is 10.6 Å². The highest BCUT2D eigenvalue weighted by Crippen LogP contribution is 2.29. The van der Waals surface area contributed by atoms with Gasteiger partial charge in [-0.15, -0.1) is 11.3 Å². The van der Waals surface area contributed by atoms with Crippen molar-refractivity contribution in [2.45, 2.75) is 20.4 Å². The summed E-state index contributed by atoms with van der Waals surface area (Å²) in [6.07, 6.45) is 3.56. The van der Waals surface area contributed by atoms with E-state index < -0.39 is 0 Å². The molecule has 1 N–H and O–H groups in total. The van der Waals surface area contributed by atoms with Gasteiger partial charge in [0.15, 0.2) is 5.82 Å². The molecule has 0 aliphatic heterocycles. The fraction of sp³-hybridized carbons (Fsp3) is 0.182. The summed E-state index contributed by atoms with van der Waals surface area (Å²) in [6, 6.07) is 15.2. The highest BCUT2D eigenvalue weighted by atomic mass is 32.1. The number of thiazole rings is 1. The van der Waals surface area contributed by atoms with Gasteiger partial charge in [-0.1, -0.05) is 6.07 Å². The van der Waals surface area contributed by atoms with E-state index in [4.69, 9.17) is 4.74 Å². The number of hydrogen-bond acceptors (Lipinski definition) is 6. The minimum absolute atomic E-state index is 0.217. The van der Waals surface area contributed by atoms with Crippen LogP contribution in [0.15, 0.2) is 60.9 Å². The zero-order valence-electron chi connectivity index (χ0n) is 16.7. The predicted molar refractivity (Wildman–Crippen MR) is 117 cm³/mol. The van der Waals surface area contributed by atoms with Crippen LogP contribution in [0, 0.1) is 6.92 Å². The Bertz CT molecular complexity index is 1140. The molecule has 0 bridgehead atoms. The second kappa shape index (κ2) is 8.87. The summed E-state index contributed by atoms with van der Waals surface area (Å²) in [5.41, 5.74) is 2.54. The third-order valence-electron chi connectivity index (χ3n) is 4.35. The van der Waals surface area contributed by atoms with Crippen LogP contribution in [-0.2, 0) is 6.54 Å². The van der Waals surface area contributed by atoms with Crippen molar-refractivity contribution < 1.29 is 9.53 Å². The first-order valence-electron chi connectivity index (χ1n) is 9.57. The molecule has 0 saturated heterocycles. The molecule has 0 unspecified atom stereocenters. The number of aryl methyl sites for hydroxylation is 1. The van der Waals surface area contributed by atoms with Crippen LogP contribution in [0.5, 0.6) is 5.75 Å². The van der Waals surface area contributed by atoms with Gasteiger partial charge in [-0.25, -0.2) is 4.98 Å². The molecule has 0 atom stereocenters. The van der Waals surface area contributed by atoms with Gasteiger partial charge in [-0.3, -0.25) is 14.5 Å². The number of anilines is 1. The van der Waals surface area contributed by atoms with Gasteiger partial charge < -0.3 is 10.1 Å². The SMILES string of the molecule is CCOc1ccc(-c2nc(C)c(C(=O)Nc3ccn(Cc4ccccn4)n3)s2)cc1. The number of carbonyl (C=O) groups is 1. The lowest BCUT2D eigenvalue weighted by molar-refractivity contribution is 0.102. The average Bonchev–Trinajstić information content (AvgIpc) is 3.36. The summed E-state index contributed by atoms with van der Waals surface area (Å²) in [5, 5.41) is 8.06. The smallest absolute Gasteiger partial charge is 0.268 e. The lowest BCUT2D eigenvalue weighted by Crippen LogP contribution is -2.12. The number of rotatable bonds is 7. The zero-order valence-corrected chi connectivity index (χ0v) is 17.5. The van der Waals surface area contributed by atoms with E-state index in [-0.39, 0.29) is 5.91 Å². The van der Waals surface area contributed by atoms with Crippen molar-refractivity contribution >= 4 is 23.1 Å². The highest BCUT2D eigenvalue weighted by Gasteiger charge is 2.17. The molecule has 4 rings (SSSR count). The van der Waals surface area contributed by atoms with Crippen LogP contribution in [0.4, 0.5) is 5.82 Å². The van der Waals surface area contributed by atoms with E-state index in [1.54, 1.807) is 16.9 Å². The Balaban J connectivity index is 1.45. The van der Waals surface area contributed by atoms with E-state index in [0.29, 0.717) is 29.5 Å². The summed E-state index contributed by atoms with van der Waals surface area (Å²) in [4.78, 5) is 22.2. The Morgan fingerprint density at radius 1 is 1.17 bits per heavy atom. The lowest BCUT2D eigenvalue weighted by Gasteiger charge is -2.03. The number of nitrogens with one attached hydrogen (secondary N) is 1. The molecule has 152 valence electrons. The molecular weight excluding hydrogens is 398 g/mol. The minimum Gasteiger partial charge on any atom is -0.494 e. The maximum Gasteiger partial charge on any atom is 0.268 e. The molecule has 1 aromatic carbocycles. The third-order valence-corrected chi connectivity index (χ3v) is 5.55. The summed E-state index contributed by atoms with van der Waals surface area (Å²) in [5.74, 6) is 1.09. The Morgan fingerprint density at radius 3 is 2.73 bits per heavy atom. The molecule has 4 aromatic rings. The number of hydrogen-bond donors (Lipinski definition) is 1. The van der Waals surface area contributed by atoms with Crippen LogP contribution in [0.2, 0.25) is 0 Å². The fourth-order valence-corrected chi connectivity index (χ4v) is 3.91. The molecule has 0 fully saturated rings. The van der Waals surface area contributed by atoms with Gasteiger partial charge in [0.1, 0.15) is 15.6 Å². The van der Waals surface area contributed by atoms with E-state index in [1.165, 1.54) is 11.3 Å². The molecule has 1 amide bonds. The van der Waals surface area contributed by atoms with Gasteiger partial charge in [0.05, 0.1) is 24.5 Å². The first kappa shape index (κ1) is 19.8. The van der Waals surface area contributed by atoms with E-state index >= 15 is 0 Å². The van der Waals surface area contributed by atoms with Crippen molar-refractivity contribution in [3.05, 3.63) is 77.2 Å². The van der Waals surface area contributed by atoms with Gasteiger partial charge in [-0.2, -0.15) is 5.10 Å². The maximum atomic E-state index is 12.8. The molecular formula is C22H21N5O2S. The standard InChI is InChI=1S/C22H21N5O2S/c1-3-29-18-9-7-16(8-10-18)22-24-15(2)20(30-22)21(28)25-19-11-13-27(26-19)14-17-6-4-5-12-23-17/h4-13H,3,14H2,1-2H3,(H,25,26,28). The molecule has 7 nitrogen and oxygen atoms in total. The molecule has 8 heteroatoms. The molecule has 0 aliphatic carbocycles. The van der Waals surface area contributed by atoms with Gasteiger partial charge in [-0.05, 0) is 50.2 Å². The number of ether oxygens (including phenoxy) is 1. The van der Waals surface area contributed by atoms with Crippen molar-refractivity contribution in [1.29, 1.82) is 0 Å². The van der Waals surface area contributed by atoms with Crippen molar-refractivity contribution in [2.75, 3.05) is 11.9 Å². The quantitative estimate of drug-likeness (QED) is 0.480. The normalized spacial score (nSPS) is 10.7. The van der Waals surface area contributed by atoms with Crippen molar-refractivity contribution in [2.24, 2.45) is 0 Å². The van der Waals surface area contributed by atoms with Crippen LogP contribution >= 0.6 is 11.3 Å². The molecule has 0 radical (unpaired) electrons. The topological polar surface area (TPSA) is 81.9 Å². The third kappa shape index (κ3) is 4.55. The Labute approximate surface area is 178 Å². The Hall–Kier alpha value is -3.52. The minimum atomic E-state index is -0.217. The van der Waals surface area contributed by atoms with Crippen molar-refractivity contribution in [3.63, 3.8) is 0 Å². The van der Waals surface area contributed by atoms with Crippen molar-refractivity contribution in [3.8, 4) is 16.3 Å². The van der Waals surface area contributed by atoms with Gasteiger partial charge in [0.2, 0.25) is 0 Å². The van der Waals surface area contributed by atoms with Crippen LogP contribution < -0.4 is 10.1 Å². The highest BCUT2D eigenvalue weighted by molar-refractivity contribution is 7.17. The molecule has 0 spiro atoms. The van der Waals surface area contributed by atoms with Gasteiger partial charge in [0.25, 0.3) is 5.91 Å². The van der Waals surface area contributed by atoms with Crippen LogP contribution in [0.3, 0.4) is 0 Å². The van der Waals surface area contributed by atoms with Gasteiger partial charge in [0, 0.05) is 24.0 Å². The summed E-state index contributed by atoms with van der Waals surface area (Å²) in [7, 11) is 0. The van der Waals surface area contributed by atoms with Gasteiger partial charge >= 0.3 is 0 Å². The number of carbonyl (C=O) groups excluding carboxylic acids is 1. The molecule has 3 heterocycles. The summed E-state index contributed by atoms with van der Waals surface area (Å²) >= 11 is 1.36. The first-order valence-corrected chi connectivity index (χ1v) is 10.4. The molecule has 3 aromatic heterocycles. The Kier molecular flexibility index (Phi) is 5.85. The number of aromatic nitrogens is 4. The van der Waals surface area contributed by atoms with E-state index in [2.05, 4.69) is 20.4 Å². The molecule has 0 aliphatic rings. The largest absolute Gasteiger partial charge is 0.494 e. The second-order valence-corrected chi connectivity index (χ2v) is 7.56. The van der Waals surface area contributed by atoms with Crippen LogP contribution in [0.1, 0.15) is 28.0 Å². The number of benzene rings is 1. The predicted octanol–water partition coefficient (Wildman–Crippen LogP) is 4.41. The monoisotopic (exact) mass is 419 g/mol. The molecule has 30 heavy (non-hydrogen) atoms. The second-order valence-electron chi connectivity index (χ2n) is 6.56.